The topological polar surface area (TPSA) is 59.5 Å². The molecule has 1 unspecified atom stereocenters. The van der Waals surface area contributed by atoms with Crippen molar-refractivity contribution < 1.29 is 14.3 Å². The Morgan fingerprint density at radius 1 is 1.45 bits per heavy atom. The van der Waals surface area contributed by atoms with E-state index in [1.54, 1.807) is 10.4 Å². The monoisotopic (exact) mass is 324 g/mol. The second-order valence-electron chi connectivity index (χ2n) is 6.81. The molecule has 0 aliphatic carbocycles. The molecule has 0 N–H and O–H groups in total. The third-order valence-electron chi connectivity index (χ3n) is 3.87. The number of thiazole rings is 1. The molecular formula is C16H24N2O3S. The van der Waals surface area contributed by atoms with Gasteiger partial charge in [-0.25, -0.2) is 4.98 Å². The number of aryl methyl sites for hydroxylation is 1. The third-order valence-corrected chi connectivity index (χ3v) is 4.78. The smallest absolute Gasteiger partial charge is 0.311 e. The minimum Gasteiger partial charge on any atom is -0.460 e. The van der Waals surface area contributed by atoms with Crippen LogP contribution in [0, 0.1) is 18.3 Å². The lowest BCUT2D eigenvalue weighted by Crippen LogP contribution is -2.47. The number of hydrogen-bond donors (Lipinski definition) is 0. The van der Waals surface area contributed by atoms with Crippen LogP contribution in [0.25, 0.3) is 0 Å². The highest BCUT2D eigenvalue weighted by Crippen LogP contribution is 2.24. The molecule has 0 saturated carbocycles. The lowest BCUT2D eigenvalue weighted by Gasteiger charge is -2.35. The number of carbonyl (C=O) groups excluding carboxylic acids is 2. The molecule has 6 heteroatoms. The average molecular weight is 324 g/mol. The van der Waals surface area contributed by atoms with Crippen molar-refractivity contribution in [2.75, 3.05) is 13.1 Å². The van der Waals surface area contributed by atoms with E-state index in [2.05, 4.69) is 4.98 Å². The third kappa shape index (κ3) is 4.06. The predicted octanol–water partition coefficient (Wildman–Crippen LogP) is 2.78. The lowest BCUT2D eigenvalue weighted by molar-refractivity contribution is -0.154. The molecule has 1 aliphatic heterocycles. The minimum atomic E-state index is -0.411. The number of piperidine rings is 1. The second kappa shape index (κ2) is 6.77. The number of aromatic nitrogens is 1. The number of carbonyl (C=O) groups is 2. The van der Waals surface area contributed by atoms with Gasteiger partial charge >= 0.3 is 5.97 Å². The zero-order valence-electron chi connectivity index (χ0n) is 13.7. The maximum atomic E-state index is 12.3. The van der Waals surface area contributed by atoms with Crippen LogP contribution in [0.5, 0.6) is 0 Å². The van der Waals surface area contributed by atoms with Gasteiger partial charge in [0.2, 0.25) is 5.91 Å². The summed E-state index contributed by atoms with van der Waals surface area (Å²) in [6.45, 7) is 9.10. The Balaban J connectivity index is 1.90. The molecule has 1 amide bonds. The van der Waals surface area contributed by atoms with Crippen LogP contribution in [0.1, 0.15) is 44.2 Å². The van der Waals surface area contributed by atoms with Crippen molar-refractivity contribution in [2.24, 2.45) is 11.3 Å². The largest absolute Gasteiger partial charge is 0.460 e. The van der Waals surface area contributed by atoms with Crippen molar-refractivity contribution in [1.29, 1.82) is 0 Å². The number of likely N-dealkylation sites (tertiary alicyclic amines) is 1. The van der Waals surface area contributed by atoms with Gasteiger partial charge in [-0.2, -0.15) is 0 Å². The fourth-order valence-corrected chi connectivity index (χ4v) is 3.24. The van der Waals surface area contributed by atoms with E-state index in [0.717, 1.165) is 30.0 Å². The molecule has 2 rings (SSSR count). The maximum absolute atomic E-state index is 12.3. The molecule has 1 saturated heterocycles. The summed E-state index contributed by atoms with van der Waals surface area (Å²) in [5.41, 5.74) is 2.25. The van der Waals surface area contributed by atoms with Gasteiger partial charge in [0.05, 0.1) is 22.0 Å². The van der Waals surface area contributed by atoms with E-state index in [1.165, 1.54) is 11.3 Å². The van der Waals surface area contributed by atoms with Crippen LogP contribution < -0.4 is 0 Å². The van der Waals surface area contributed by atoms with Crippen molar-refractivity contribution in [3.63, 3.8) is 0 Å². The molecular weight excluding hydrogens is 300 g/mol. The first kappa shape index (κ1) is 16.9. The standard InChI is InChI=1S/C16H24N2O3S/c1-11-13(22-10-17-11)9-21-14(19)12-6-5-7-18(8-12)15(20)16(2,3)4/h10,12H,5-9H2,1-4H3. The van der Waals surface area contributed by atoms with Crippen molar-refractivity contribution in [2.45, 2.75) is 47.1 Å². The van der Waals surface area contributed by atoms with Crippen LogP contribution in [0.15, 0.2) is 5.51 Å². The lowest BCUT2D eigenvalue weighted by atomic mass is 9.91. The molecule has 1 fully saturated rings. The Morgan fingerprint density at radius 2 is 2.18 bits per heavy atom. The molecule has 1 aromatic rings. The van der Waals surface area contributed by atoms with Crippen LogP contribution in [-0.2, 0) is 20.9 Å². The number of hydrogen-bond acceptors (Lipinski definition) is 5. The molecule has 1 aromatic heterocycles. The molecule has 122 valence electrons. The van der Waals surface area contributed by atoms with Crippen LogP contribution in [0.2, 0.25) is 0 Å². The first-order chi connectivity index (χ1) is 10.3. The number of esters is 1. The van der Waals surface area contributed by atoms with Gasteiger partial charge in [0.15, 0.2) is 0 Å². The zero-order chi connectivity index (χ0) is 16.3. The summed E-state index contributed by atoms with van der Waals surface area (Å²) in [5.74, 6) is -0.323. The quantitative estimate of drug-likeness (QED) is 0.802. The van der Waals surface area contributed by atoms with Crippen molar-refractivity contribution in [1.82, 2.24) is 9.88 Å². The summed E-state index contributed by atoms with van der Waals surface area (Å²) >= 11 is 1.49. The van der Waals surface area contributed by atoms with Gasteiger partial charge in [-0.15, -0.1) is 11.3 Å². The van der Waals surface area contributed by atoms with Crippen molar-refractivity contribution in [3.05, 3.63) is 16.1 Å². The summed E-state index contributed by atoms with van der Waals surface area (Å²) in [6.07, 6.45) is 1.63. The SMILES string of the molecule is Cc1ncsc1COC(=O)C1CCCN(C(=O)C(C)(C)C)C1. The highest BCUT2D eigenvalue weighted by Gasteiger charge is 2.34. The van der Waals surface area contributed by atoms with E-state index in [4.69, 9.17) is 4.74 Å². The summed E-state index contributed by atoms with van der Waals surface area (Å²) in [4.78, 5) is 31.5. The Hall–Kier alpha value is -1.43. The van der Waals surface area contributed by atoms with Gasteiger partial charge < -0.3 is 9.64 Å². The summed E-state index contributed by atoms with van der Waals surface area (Å²) in [7, 11) is 0. The average Bonchev–Trinajstić information content (AvgIpc) is 2.88. The molecule has 5 nitrogen and oxygen atoms in total. The Bertz CT molecular complexity index is 548. The highest BCUT2D eigenvalue weighted by atomic mass is 32.1. The van der Waals surface area contributed by atoms with Gasteiger partial charge in [0.1, 0.15) is 6.61 Å². The van der Waals surface area contributed by atoms with Gasteiger partial charge in [-0.1, -0.05) is 20.8 Å². The first-order valence-corrected chi connectivity index (χ1v) is 8.52. The van der Waals surface area contributed by atoms with E-state index >= 15 is 0 Å². The molecule has 1 aliphatic rings. The zero-order valence-corrected chi connectivity index (χ0v) is 14.5. The van der Waals surface area contributed by atoms with E-state index in [-0.39, 0.29) is 24.4 Å². The maximum Gasteiger partial charge on any atom is 0.311 e. The van der Waals surface area contributed by atoms with Gasteiger partial charge in [0.25, 0.3) is 0 Å². The van der Waals surface area contributed by atoms with Crippen LogP contribution in [-0.4, -0.2) is 34.8 Å². The van der Waals surface area contributed by atoms with E-state index < -0.39 is 5.41 Å². The normalized spacial score (nSPS) is 19.1. The highest BCUT2D eigenvalue weighted by molar-refractivity contribution is 7.09. The summed E-state index contributed by atoms with van der Waals surface area (Å²) < 4.78 is 5.41. The van der Waals surface area contributed by atoms with Crippen LogP contribution in [0.3, 0.4) is 0 Å². The Morgan fingerprint density at radius 3 is 2.77 bits per heavy atom. The molecule has 0 aromatic carbocycles. The van der Waals surface area contributed by atoms with Crippen LogP contribution in [0.4, 0.5) is 0 Å². The molecule has 2 heterocycles. The molecule has 0 bridgehead atoms. The fourth-order valence-electron chi connectivity index (χ4n) is 2.55. The van der Waals surface area contributed by atoms with Crippen LogP contribution >= 0.6 is 11.3 Å². The van der Waals surface area contributed by atoms with Gasteiger partial charge in [0, 0.05) is 18.5 Å². The molecule has 22 heavy (non-hydrogen) atoms. The second-order valence-corrected chi connectivity index (χ2v) is 7.75. The fraction of sp³-hybridized carbons (Fsp3) is 0.688. The Kier molecular flexibility index (Phi) is 5.21. The number of amides is 1. The van der Waals surface area contributed by atoms with E-state index in [9.17, 15) is 9.59 Å². The number of nitrogens with zero attached hydrogens (tertiary/aromatic N) is 2. The van der Waals surface area contributed by atoms with E-state index in [0.29, 0.717) is 6.54 Å². The van der Waals surface area contributed by atoms with Crippen molar-refractivity contribution >= 4 is 23.2 Å². The molecule has 1 atom stereocenters. The molecule has 0 spiro atoms. The number of rotatable bonds is 3. The summed E-state index contributed by atoms with van der Waals surface area (Å²) in [5, 5.41) is 0. The summed E-state index contributed by atoms with van der Waals surface area (Å²) in [6, 6.07) is 0. The first-order valence-electron chi connectivity index (χ1n) is 7.64. The predicted molar refractivity (Wildman–Crippen MR) is 85.4 cm³/mol. The molecule has 0 radical (unpaired) electrons. The van der Waals surface area contributed by atoms with E-state index in [1.807, 2.05) is 27.7 Å². The minimum absolute atomic E-state index is 0.100. The van der Waals surface area contributed by atoms with Gasteiger partial charge in [-0.3, -0.25) is 9.59 Å². The van der Waals surface area contributed by atoms with Crippen molar-refractivity contribution in [3.8, 4) is 0 Å². The Labute approximate surface area is 135 Å². The van der Waals surface area contributed by atoms with Gasteiger partial charge in [-0.05, 0) is 19.8 Å². The number of ether oxygens (including phenoxy) is 1.